The number of urea groups is 1. The van der Waals surface area contributed by atoms with E-state index in [4.69, 9.17) is 5.26 Å². The first kappa shape index (κ1) is 16.7. The molecule has 0 aliphatic carbocycles. The maximum absolute atomic E-state index is 13.3. The Kier molecular flexibility index (Phi) is 5.16. The highest BCUT2D eigenvalue weighted by molar-refractivity contribution is 5.94. The molecule has 7 heteroatoms. The number of rotatable bonds is 2. The number of piperidine rings is 1. The van der Waals surface area contributed by atoms with Crippen molar-refractivity contribution in [3.8, 4) is 6.07 Å². The van der Waals surface area contributed by atoms with Crippen molar-refractivity contribution >= 4 is 11.9 Å². The summed E-state index contributed by atoms with van der Waals surface area (Å²) in [7, 11) is 3.35. The molecular weight excluding hydrogens is 299 g/mol. The lowest BCUT2D eigenvalue weighted by Crippen LogP contribution is -2.48. The fourth-order valence-electron chi connectivity index (χ4n) is 2.46. The van der Waals surface area contributed by atoms with E-state index < -0.39 is 5.82 Å². The van der Waals surface area contributed by atoms with E-state index in [-0.39, 0.29) is 23.5 Å². The number of nitriles is 1. The van der Waals surface area contributed by atoms with E-state index in [9.17, 15) is 14.0 Å². The summed E-state index contributed by atoms with van der Waals surface area (Å²) in [6.45, 7) is 1.02. The Bertz CT molecular complexity index is 646. The number of carbonyl (C=O) groups is 2. The smallest absolute Gasteiger partial charge is 0.317 e. The van der Waals surface area contributed by atoms with Crippen LogP contribution in [0.2, 0.25) is 0 Å². The molecule has 1 aliphatic rings. The zero-order valence-corrected chi connectivity index (χ0v) is 13.2. The van der Waals surface area contributed by atoms with Crippen LogP contribution in [0.1, 0.15) is 28.8 Å². The lowest BCUT2D eigenvalue weighted by molar-refractivity contribution is 0.0707. The quantitative estimate of drug-likeness (QED) is 0.899. The van der Waals surface area contributed by atoms with Crippen LogP contribution in [0.4, 0.5) is 9.18 Å². The zero-order chi connectivity index (χ0) is 17.0. The Morgan fingerprint density at radius 3 is 2.57 bits per heavy atom. The van der Waals surface area contributed by atoms with Gasteiger partial charge >= 0.3 is 6.03 Å². The molecule has 0 saturated carbocycles. The average Bonchev–Trinajstić information content (AvgIpc) is 2.55. The van der Waals surface area contributed by atoms with Crippen LogP contribution >= 0.6 is 0 Å². The first-order valence-electron chi connectivity index (χ1n) is 7.39. The first-order valence-corrected chi connectivity index (χ1v) is 7.39. The van der Waals surface area contributed by atoms with Crippen molar-refractivity contribution in [2.75, 3.05) is 27.2 Å². The van der Waals surface area contributed by atoms with E-state index >= 15 is 0 Å². The van der Waals surface area contributed by atoms with Gasteiger partial charge in [0.25, 0.3) is 5.91 Å². The van der Waals surface area contributed by atoms with Crippen LogP contribution in [0.3, 0.4) is 0 Å². The van der Waals surface area contributed by atoms with Gasteiger partial charge in [-0.3, -0.25) is 4.79 Å². The standard InChI is InChI=1S/C16H19FN4O2/c1-20(2)16(23)19-13-5-7-21(8-6-13)15(22)11-3-4-14(17)12(9-11)10-18/h3-4,9,13H,5-8H2,1-2H3,(H,19,23). The number of amides is 3. The van der Waals surface area contributed by atoms with Gasteiger partial charge in [-0.2, -0.15) is 5.26 Å². The summed E-state index contributed by atoms with van der Waals surface area (Å²) in [4.78, 5) is 27.2. The molecule has 6 nitrogen and oxygen atoms in total. The monoisotopic (exact) mass is 318 g/mol. The molecule has 23 heavy (non-hydrogen) atoms. The van der Waals surface area contributed by atoms with Gasteiger partial charge in [-0.25, -0.2) is 9.18 Å². The second-order valence-corrected chi connectivity index (χ2v) is 5.72. The van der Waals surface area contributed by atoms with Crippen molar-refractivity contribution in [2.45, 2.75) is 18.9 Å². The molecular formula is C16H19FN4O2. The van der Waals surface area contributed by atoms with Crippen molar-refractivity contribution in [2.24, 2.45) is 0 Å². The Labute approximate surface area is 134 Å². The maximum atomic E-state index is 13.3. The van der Waals surface area contributed by atoms with Gasteiger partial charge in [0.2, 0.25) is 0 Å². The van der Waals surface area contributed by atoms with Crippen LogP contribution in [0, 0.1) is 17.1 Å². The Balaban J connectivity index is 1.96. The van der Waals surface area contributed by atoms with Crippen molar-refractivity contribution in [3.63, 3.8) is 0 Å². The molecule has 0 radical (unpaired) electrons. The molecule has 1 aromatic carbocycles. The summed E-state index contributed by atoms with van der Waals surface area (Å²) >= 11 is 0. The molecule has 0 spiro atoms. The number of likely N-dealkylation sites (tertiary alicyclic amines) is 1. The Morgan fingerprint density at radius 2 is 2.00 bits per heavy atom. The average molecular weight is 318 g/mol. The molecule has 1 N–H and O–H groups in total. The molecule has 0 bridgehead atoms. The van der Waals surface area contributed by atoms with Gasteiger partial charge in [0.15, 0.2) is 0 Å². The Morgan fingerprint density at radius 1 is 1.35 bits per heavy atom. The van der Waals surface area contributed by atoms with Gasteiger partial charge in [-0.1, -0.05) is 0 Å². The first-order chi connectivity index (χ1) is 10.9. The van der Waals surface area contributed by atoms with Crippen LogP contribution in [0.15, 0.2) is 18.2 Å². The molecule has 1 heterocycles. The van der Waals surface area contributed by atoms with Crippen LogP contribution in [0.25, 0.3) is 0 Å². The lowest BCUT2D eigenvalue weighted by Gasteiger charge is -2.33. The number of benzene rings is 1. The third kappa shape index (κ3) is 3.97. The van der Waals surface area contributed by atoms with Gasteiger partial charge in [-0.15, -0.1) is 0 Å². The van der Waals surface area contributed by atoms with Crippen LogP contribution in [-0.2, 0) is 0 Å². The van der Waals surface area contributed by atoms with Gasteiger partial charge < -0.3 is 15.1 Å². The fraction of sp³-hybridized carbons (Fsp3) is 0.438. The minimum Gasteiger partial charge on any atom is -0.338 e. The molecule has 1 saturated heterocycles. The molecule has 1 aromatic rings. The highest BCUT2D eigenvalue weighted by Crippen LogP contribution is 2.16. The maximum Gasteiger partial charge on any atom is 0.317 e. The van der Waals surface area contributed by atoms with E-state index in [1.807, 2.05) is 0 Å². The second-order valence-electron chi connectivity index (χ2n) is 5.72. The summed E-state index contributed by atoms with van der Waals surface area (Å²) in [6, 6.07) is 5.42. The fourth-order valence-corrected chi connectivity index (χ4v) is 2.46. The van der Waals surface area contributed by atoms with Gasteiger partial charge in [0.1, 0.15) is 11.9 Å². The topological polar surface area (TPSA) is 76.4 Å². The molecule has 0 aromatic heterocycles. The molecule has 122 valence electrons. The zero-order valence-electron chi connectivity index (χ0n) is 13.2. The molecule has 1 fully saturated rings. The third-order valence-electron chi connectivity index (χ3n) is 3.85. The number of nitrogens with zero attached hydrogens (tertiary/aromatic N) is 3. The predicted molar refractivity (Wildman–Crippen MR) is 82.3 cm³/mol. The van der Waals surface area contributed by atoms with Crippen LogP contribution in [0.5, 0.6) is 0 Å². The van der Waals surface area contributed by atoms with E-state index in [1.54, 1.807) is 25.1 Å². The molecule has 3 amide bonds. The van der Waals surface area contributed by atoms with Gasteiger partial charge in [-0.05, 0) is 31.0 Å². The highest BCUT2D eigenvalue weighted by Gasteiger charge is 2.25. The summed E-state index contributed by atoms with van der Waals surface area (Å²) in [5, 5.41) is 11.7. The van der Waals surface area contributed by atoms with E-state index in [1.165, 1.54) is 17.0 Å². The second kappa shape index (κ2) is 7.09. The number of hydrogen-bond acceptors (Lipinski definition) is 3. The highest BCUT2D eigenvalue weighted by atomic mass is 19.1. The van der Waals surface area contributed by atoms with E-state index in [0.29, 0.717) is 31.5 Å². The van der Waals surface area contributed by atoms with Crippen LogP contribution < -0.4 is 5.32 Å². The molecule has 0 atom stereocenters. The summed E-state index contributed by atoms with van der Waals surface area (Å²) in [5.41, 5.74) is 0.169. The Hall–Kier alpha value is -2.62. The van der Waals surface area contributed by atoms with Crippen LogP contribution in [-0.4, -0.2) is 55.0 Å². The summed E-state index contributed by atoms with van der Waals surface area (Å²) < 4.78 is 13.3. The third-order valence-corrected chi connectivity index (χ3v) is 3.85. The summed E-state index contributed by atoms with van der Waals surface area (Å²) in [5.74, 6) is -0.854. The number of nitrogens with one attached hydrogen (secondary N) is 1. The number of halogens is 1. The predicted octanol–water partition coefficient (Wildman–Crippen LogP) is 1.57. The van der Waals surface area contributed by atoms with Gasteiger partial charge in [0.05, 0.1) is 5.56 Å². The molecule has 2 rings (SSSR count). The molecule has 1 aliphatic heterocycles. The lowest BCUT2D eigenvalue weighted by atomic mass is 10.0. The normalized spacial score (nSPS) is 15.0. The van der Waals surface area contributed by atoms with E-state index in [2.05, 4.69) is 5.32 Å². The number of hydrogen-bond donors (Lipinski definition) is 1. The minimum absolute atomic E-state index is 0.0387. The largest absolute Gasteiger partial charge is 0.338 e. The molecule has 0 unspecified atom stereocenters. The van der Waals surface area contributed by atoms with Crippen molar-refractivity contribution < 1.29 is 14.0 Å². The van der Waals surface area contributed by atoms with Gasteiger partial charge in [0, 0.05) is 38.8 Å². The summed E-state index contributed by atoms with van der Waals surface area (Å²) in [6.07, 6.45) is 1.33. The van der Waals surface area contributed by atoms with Crippen molar-refractivity contribution in [1.29, 1.82) is 5.26 Å². The SMILES string of the molecule is CN(C)C(=O)NC1CCN(C(=O)c2ccc(F)c(C#N)c2)CC1. The van der Waals surface area contributed by atoms with Crippen molar-refractivity contribution in [3.05, 3.63) is 35.1 Å². The number of carbonyl (C=O) groups excluding carboxylic acids is 2. The van der Waals surface area contributed by atoms with Crippen molar-refractivity contribution in [1.82, 2.24) is 15.1 Å². The minimum atomic E-state index is -0.630. The van der Waals surface area contributed by atoms with E-state index in [0.717, 1.165) is 6.07 Å².